The van der Waals surface area contributed by atoms with Gasteiger partial charge in [0.1, 0.15) is 11.6 Å². The van der Waals surface area contributed by atoms with Crippen molar-refractivity contribution in [2.24, 2.45) is 11.0 Å². The van der Waals surface area contributed by atoms with Crippen molar-refractivity contribution in [1.82, 2.24) is 5.01 Å². The van der Waals surface area contributed by atoms with E-state index in [4.69, 9.17) is 4.74 Å². The molecule has 1 heterocycles. The lowest BCUT2D eigenvalue weighted by atomic mass is 10.00. The minimum absolute atomic E-state index is 0.197. The first-order chi connectivity index (χ1) is 13.4. The van der Waals surface area contributed by atoms with Crippen LogP contribution in [0.15, 0.2) is 65.8 Å². The van der Waals surface area contributed by atoms with Gasteiger partial charge in [0, 0.05) is 11.5 Å². The van der Waals surface area contributed by atoms with Crippen molar-refractivity contribution in [3.05, 3.63) is 83.4 Å². The molecule has 1 atom stereocenters. The SMILES string of the molecule is CC(C)C(=O)N1N=C(c2cc(F)ccc2F)OC1(/C=C/CO)c1ccccc1. The number of carbonyl (C=O) groups excluding carboxylic acids is 1. The smallest absolute Gasteiger partial charge is 0.252 e. The molecule has 0 saturated heterocycles. The quantitative estimate of drug-likeness (QED) is 0.800. The third-order valence-corrected chi connectivity index (χ3v) is 4.26. The van der Waals surface area contributed by atoms with Crippen molar-refractivity contribution in [1.29, 1.82) is 0 Å². The number of benzene rings is 2. The first-order valence-electron chi connectivity index (χ1n) is 8.80. The molecule has 0 spiro atoms. The summed E-state index contributed by atoms with van der Waals surface area (Å²) in [4.78, 5) is 12.9. The van der Waals surface area contributed by atoms with Gasteiger partial charge in [-0.2, -0.15) is 5.01 Å². The van der Waals surface area contributed by atoms with Gasteiger partial charge in [0.15, 0.2) is 0 Å². The lowest BCUT2D eigenvalue weighted by Crippen LogP contribution is -2.45. The van der Waals surface area contributed by atoms with Crippen LogP contribution >= 0.6 is 0 Å². The molecule has 1 aliphatic heterocycles. The minimum Gasteiger partial charge on any atom is -0.439 e. The van der Waals surface area contributed by atoms with Gasteiger partial charge < -0.3 is 9.84 Å². The Morgan fingerprint density at radius 3 is 2.61 bits per heavy atom. The summed E-state index contributed by atoms with van der Waals surface area (Å²) in [5, 5.41) is 14.6. The Hall–Kier alpha value is -3.06. The van der Waals surface area contributed by atoms with Crippen LogP contribution in [0.25, 0.3) is 0 Å². The van der Waals surface area contributed by atoms with E-state index in [1.54, 1.807) is 44.2 Å². The molecule has 2 aromatic carbocycles. The average Bonchev–Trinajstić information content (AvgIpc) is 3.08. The Kier molecular flexibility index (Phi) is 5.56. The van der Waals surface area contributed by atoms with Crippen LogP contribution < -0.4 is 0 Å². The summed E-state index contributed by atoms with van der Waals surface area (Å²) < 4.78 is 34.0. The molecule has 7 heteroatoms. The van der Waals surface area contributed by atoms with Gasteiger partial charge >= 0.3 is 0 Å². The van der Waals surface area contributed by atoms with Crippen LogP contribution in [0.5, 0.6) is 0 Å². The van der Waals surface area contributed by atoms with Gasteiger partial charge in [0.05, 0.1) is 12.2 Å². The highest BCUT2D eigenvalue weighted by molar-refractivity contribution is 5.97. The van der Waals surface area contributed by atoms with Crippen molar-refractivity contribution in [3.63, 3.8) is 0 Å². The number of carbonyl (C=O) groups is 1. The summed E-state index contributed by atoms with van der Waals surface area (Å²) in [6, 6.07) is 11.7. The number of halogens is 2. The molecule has 1 aliphatic rings. The fourth-order valence-electron chi connectivity index (χ4n) is 2.88. The number of hydrogen-bond donors (Lipinski definition) is 1. The maximum absolute atomic E-state index is 14.3. The van der Waals surface area contributed by atoms with Gasteiger partial charge in [0.25, 0.3) is 5.72 Å². The lowest BCUT2D eigenvalue weighted by molar-refractivity contribution is -0.148. The number of hydrazone groups is 1. The molecule has 0 saturated carbocycles. The molecule has 1 amide bonds. The van der Waals surface area contributed by atoms with Crippen molar-refractivity contribution in [3.8, 4) is 0 Å². The molecular formula is C21H20F2N2O3. The zero-order valence-corrected chi connectivity index (χ0v) is 15.5. The molecule has 0 aromatic heterocycles. The van der Waals surface area contributed by atoms with Gasteiger partial charge in [-0.25, -0.2) is 8.78 Å². The maximum atomic E-state index is 14.3. The summed E-state index contributed by atoms with van der Waals surface area (Å²) in [5.74, 6) is -2.43. The summed E-state index contributed by atoms with van der Waals surface area (Å²) in [6.07, 6.45) is 2.89. The average molecular weight is 386 g/mol. The fourth-order valence-corrected chi connectivity index (χ4v) is 2.88. The standard InChI is InChI=1S/C21H20F2N2O3/c1-14(2)20(27)25-21(11-6-12-26,15-7-4-3-5-8-15)28-19(24-25)17-13-16(22)9-10-18(17)23/h3-11,13-14,26H,12H2,1-2H3/b11-6+. The van der Waals surface area contributed by atoms with Crippen LogP contribution in [0.2, 0.25) is 0 Å². The molecule has 5 nitrogen and oxygen atoms in total. The van der Waals surface area contributed by atoms with Crippen molar-refractivity contribution >= 4 is 11.8 Å². The molecule has 3 rings (SSSR count). The monoisotopic (exact) mass is 386 g/mol. The molecule has 28 heavy (non-hydrogen) atoms. The van der Waals surface area contributed by atoms with Crippen LogP contribution in [0.3, 0.4) is 0 Å². The van der Waals surface area contributed by atoms with Crippen LogP contribution in [-0.4, -0.2) is 28.5 Å². The zero-order valence-electron chi connectivity index (χ0n) is 15.5. The van der Waals surface area contributed by atoms with E-state index in [9.17, 15) is 18.7 Å². The van der Waals surface area contributed by atoms with E-state index in [1.807, 2.05) is 0 Å². The summed E-state index contributed by atoms with van der Waals surface area (Å²) in [7, 11) is 0. The first kappa shape index (κ1) is 19.7. The lowest BCUT2D eigenvalue weighted by Gasteiger charge is -2.33. The summed E-state index contributed by atoms with van der Waals surface area (Å²) >= 11 is 0. The van der Waals surface area contributed by atoms with E-state index in [0.717, 1.165) is 23.2 Å². The predicted octanol–water partition coefficient (Wildman–Crippen LogP) is 3.54. The van der Waals surface area contributed by atoms with Gasteiger partial charge in [-0.3, -0.25) is 4.79 Å². The summed E-state index contributed by atoms with van der Waals surface area (Å²) in [6.45, 7) is 3.10. The molecule has 1 unspecified atom stereocenters. The number of aliphatic hydroxyl groups excluding tert-OH is 1. The van der Waals surface area contributed by atoms with E-state index in [-0.39, 0.29) is 24.0 Å². The van der Waals surface area contributed by atoms with E-state index in [0.29, 0.717) is 5.56 Å². The third kappa shape index (κ3) is 3.53. The first-order valence-corrected chi connectivity index (χ1v) is 8.80. The van der Waals surface area contributed by atoms with E-state index in [2.05, 4.69) is 5.10 Å². The Morgan fingerprint density at radius 1 is 1.25 bits per heavy atom. The number of nitrogens with zero attached hydrogens (tertiary/aromatic N) is 2. The van der Waals surface area contributed by atoms with Gasteiger partial charge in [-0.15, -0.1) is 5.10 Å². The van der Waals surface area contributed by atoms with Crippen LogP contribution in [-0.2, 0) is 15.3 Å². The topological polar surface area (TPSA) is 62.1 Å². The second-order valence-corrected chi connectivity index (χ2v) is 6.58. The van der Waals surface area contributed by atoms with Crippen LogP contribution in [0.4, 0.5) is 8.78 Å². The molecule has 2 aromatic rings. The molecule has 146 valence electrons. The molecule has 0 aliphatic carbocycles. The Bertz CT molecular complexity index is 929. The second-order valence-electron chi connectivity index (χ2n) is 6.58. The highest BCUT2D eigenvalue weighted by Crippen LogP contribution is 2.39. The van der Waals surface area contributed by atoms with E-state index >= 15 is 0 Å². The van der Waals surface area contributed by atoms with Crippen LogP contribution in [0.1, 0.15) is 25.0 Å². The Balaban J connectivity index is 2.19. The van der Waals surface area contributed by atoms with Gasteiger partial charge in [0.2, 0.25) is 11.8 Å². The molecule has 1 N–H and O–H groups in total. The number of hydrogen-bond acceptors (Lipinski definition) is 4. The Morgan fingerprint density at radius 2 is 1.96 bits per heavy atom. The largest absolute Gasteiger partial charge is 0.439 e. The number of rotatable bonds is 5. The number of amides is 1. The van der Waals surface area contributed by atoms with Crippen LogP contribution in [0, 0.1) is 17.6 Å². The third-order valence-electron chi connectivity index (χ3n) is 4.26. The summed E-state index contributed by atoms with van der Waals surface area (Å²) in [5.41, 5.74) is -1.18. The van der Waals surface area contributed by atoms with E-state index < -0.39 is 23.3 Å². The minimum atomic E-state index is -1.53. The van der Waals surface area contributed by atoms with Gasteiger partial charge in [-0.1, -0.05) is 50.3 Å². The molecule has 0 radical (unpaired) electrons. The molecule has 0 fully saturated rings. The second kappa shape index (κ2) is 7.90. The van der Waals surface area contributed by atoms with Gasteiger partial charge in [-0.05, 0) is 24.3 Å². The van der Waals surface area contributed by atoms with Crippen molar-refractivity contribution in [2.75, 3.05) is 6.61 Å². The molecule has 0 bridgehead atoms. The maximum Gasteiger partial charge on any atom is 0.252 e. The normalized spacial score (nSPS) is 19.2. The number of ether oxygens (including phenoxy) is 1. The highest BCUT2D eigenvalue weighted by atomic mass is 19.1. The fraction of sp³-hybridized carbons (Fsp3) is 0.238. The zero-order chi connectivity index (χ0) is 20.3. The Labute approximate surface area is 161 Å². The predicted molar refractivity (Wildman–Crippen MR) is 100 cm³/mol. The van der Waals surface area contributed by atoms with E-state index in [1.165, 1.54) is 12.2 Å². The molecular weight excluding hydrogens is 366 g/mol. The van der Waals surface area contributed by atoms with Crippen molar-refractivity contribution < 1.29 is 23.4 Å². The highest BCUT2D eigenvalue weighted by Gasteiger charge is 2.49. The number of aliphatic hydroxyl groups is 1. The van der Waals surface area contributed by atoms with Crippen molar-refractivity contribution in [2.45, 2.75) is 19.6 Å².